The first-order valence-corrected chi connectivity index (χ1v) is 14.6. The number of hydrogen-bond acceptors (Lipinski definition) is 6. The number of aromatic hydroxyl groups is 1. The number of hydrazone groups is 1. The van der Waals surface area contributed by atoms with Crippen LogP contribution in [0, 0.1) is 11.2 Å². The van der Waals surface area contributed by atoms with Crippen LogP contribution in [0.1, 0.15) is 61.5 Å². The number of rotatable bonds is 14. The Labute approximate surface area is 252 Å². The first-order chi connectivity index (χ1) is 20.7. The van der Waals surface area contributed by atoms with E-state index in [0.717, 1.165) is 42.4 Å². The summed E-state index contributed by atoms with van der Waals surface area (Å²) in [5.74, 6) is 0.838. The Balaban J connectivity index is 1.19. The van der Waals surface area contributed by atoms with E-state index in [1.54, 1.807) is 36.5 Å². The Morgan fingerprint density at radius 2 is 1.81 bits per heavy atom. The Hall–Kier alpha value is -4.72. The second kappa shape index (κ2) is 15.0. The molecule has 8 heteroatoms. The lowest BCUT2D eigenvalue weighted by molar-refractivity contribution is 0.0933. The van der Waals surface area contributed by atoms with E-state index in [0.29, 0.717) is 35.8 Å². The van der Waals surface area contributed by atoms with Crippen molar-refractivity contribution in [2.75, 3.05) is 18.6 Å². The lowest BCUT2D eigenvalue weighted by Crippen LogP contribution is -2.34. The van der Waals surface area contributed by atoms with Crippen LogP contribution in [0.25, 0.3) is 11.1 Å². The zero-order chi connectivity index (χ0) is 30.7. The Morgan fingerprint density at radius 3 is 2.51 bits per heavy atom. The van der Waals surface area contributed by atoms with Crippen LogP contribution >= 0.6 is 0 Å². The Morgan fingerprint density at radius 1 is 1.05 bits per heavy atom. The number of nitrogens with zero attached hydrogens (tertiary/aromatic N) is 2. The first kappa shape index (κ1) is 31.2. The van der Waals surface area contributed by atoms with Crippen molar-refractivity contribution in [3.05, 3.63) is 108 Å². The van der Waals surface area contributed by atoms with Gasteiger partial charge in [-0.25, -0.2) is 9.37 Å². The highest BCUT2D eigenvalue weighted by molar-refractivity contribution is 5.94. The van der Waals surface area contributed by atoms with Crippen LogP contribution in [0.4, 0.5) is 10.2 Å². The maximum atomic E-state index is 13.3. The number of amides is 1. The Bertz CT molecular complexity index is 1510. The van der Waals surface area contributed by atoms with Gasteiger partial charge in [0, 0.05) is 24.4 Å². The van der Waals surface area contributed by atoms with E-state index in [9.17, 15) is 14.3 Å². The fourth-order valence-corrected chi connectivity index (χ4v) is 4.59. The van der Waals surface area contributed by atoms with Crippen LogP contribution in [0.15, 0.2) is 90.2 Å². The van der Waals surface area contributed by atoms with Gasteiger partial charge >= 0.3 is 0 Å². The standard InChI is InChI=1S/C35H39FN4O3/c1-4-26-20-30(27-12-15-29(36)16-13-27)31(41)21-32(26)43-19-9-8-18-35(2,3)24-38-34(42)28-14-17-33(37-23-28)40-39-22-25-10-6-5-7-11-25/h5-7,10-17,20-23,41H,4,8-9,18-19,24H2,1-3H3,(H,37,40)(H,38,42)/b39-22+. The van der Waals surface area contributed by atoms with Gasteiger partial charge in [-0.2, -0.15) is 5.10 Å². The molecular weight excluding hydrogens is 543 g/mol. The number of halogens is 1. The van der Waals surface area contributed by atoms with Crippen molar-refractivity contribution in [3.8, 4) is 22.6 Å². The van der Waals surface area contributed by atoms with Crippen molar-refractivity contribution >= 4 is 17.9 Å². The highest BCUT2D eigenvalue weighted by atomic mass is 19.1. The maximum absolute atomic E-state index is 13.3. The van der Waals surface area contributed by atoms with E-state index in [2.05, 4.69) is 34.7 Å². The summed E-state index contributed by atoms with van der Waals surface area (Å²) >= 11 is 0. The van der Waals surface area contributed by atoms with Gasteiger partial charge in [0.15, 0.2) is 0 Å². The molecule has 3 aromatic carbocycles. The highest BCUT2D eigenvalue weighted by Gasteiger charge is 2.19. The van der Waals surface area contributed by atoms with E-state index in [1.165, 1.54) is 18.3 Å². The zero-order valence-electron chi connectivity index (χ0n) is 24.9. The lowest BCUT2D eigenvalue weighted by atomic mass is 9.87. The number of nitrogens with one attached hydrogen (secondary N) is 2. The first-order valence-electron chi connectivity index (χ1n) is 14.6. The molecule has 0 fully saturated rings. The number of carbonyl (C=O) groups is 1. The third-order valence-electron chi connectivity index (χ3n) is 7.17. The zero-order valence-corrected chi connectivity index (χ0v) is 24.9. The number of ether oxygens (including phenoxy) is 1. The number of aryl methyl sites for hydroxylation is 1. The molecule has 0 radical (unpaired) electrons. The number of carbonyl (C=O) groups excluding carboxylic acids is 1. The third kappa shape index (κ3) is 9.39. The van der Waals surface area contributed by atoms with Gasteiger partial charge in [0.1, 0.15) is 23.1 Å². The quantitative estimate of drug-likeness (QED) is 0.0808. The summed E-state index contributed by atoms with van der Waals surface area (Å²) in [7, 11) is 0. The summed E-state index contributed by atoms with van der Waals surface area (Å²) in [5.41, 5.74) is 6.63. The molecule has 4 rings (SSSR count). The topological polar surface area (TPSA) is 95.8 Å². The van der Waals surface area contributed by atoms with Gasteiger partial charge in [-0.05, 0) is 78.1 Å². The van der Waals surface area contributed by atoms with Gasteiger partial charge in [-0.1, -0.05) is 63.2 Å². The minimum Gasteiger partial charge on any atom is -0.507 e. The van der Waals surface area contributed by atoms with Gasteiger partial charge < -0.3 is 15.2 Å². The summed E-state index contributed by atoms with van der Waals surface area (Å²) in [5, 5.41) is 17.8. The summed E-state index contributed by atoms with van der Waals surface area (Å²) in [6.45, 7) is 7.35. The van der Waals surface area contributed by atoms with E-state index >= 15 is 0 Å². The molecule has 1 heterocycles. The number of phenolic OH excluding ortho intramolecular Hbond substituents is 1. The molecule has 0 saturated heterocycles. The molecule has 7 nitrogen and oxygen atoms in total. The molecule has 4 aromatic rings. The summed E-state index contributed by atoms with van der Waals surface area (Å²) < 4.78 is 19.3. The molecule has 1 aromatic heterocycles. The van der Waals surface area contributed by atoms with Gasteiger partial charge in [0.25, 0.3) is 5.91 Å². The van der Waals surface area contributed by atoms with Crippen molar-refractivity contribution in [2.24, 2.45) is 10.5 Å². The predicted octanol–water partition coefficient (Wildman–Crippen LogP) is 7.61. The minimum atomic E-state index is -0.314. The number of phenols is 1. The van der Waals surface area contributed by atoms with Gasteiger partial charge in [0.2, 0.25) is 0 Å². The molecule has 0 aliphatic carbocycles. The van der Waals surface area contributed by atoms with Crippen molar-refractivity contribution in [3.63, 3.8) is 0 Å². The fraction of sp³-hybridized carbons (Fsp3) is 0.286. The molecule has 224 valence electrons. The number of benzene rings is 3. The molecule has 0 atom stereocenters. The number of hydrogen-bond donors (Lipinski definition) is 3. The van der Waals surface area contributed by atoms with Crippen LogP contribution in [0.5, 0.6) is 11.5 Å². The lowest BCUT2D eigenvalue weighted by Gasteiger charge is -2.25. The van der Waals surface area contributed by atoms with Crippen molar-refractivity contribution in [2.45, 2.75) is 46.5 Å². The molecule has 0 aliphatic heterocycles. The molecule has 0 aliphatic rings. The number of anilines is 1. The van der Waals surface area contributed by atoms with Gasteiger partial charge in [-0.15, -0.1) is 0 Å². The van der Waals surface area contributed by atoms with Crippen LogP contribution in [-0.4, -0.2) is 35.4 Å². The molecule has 0 spiro atoms. The average molecular weight is 583 g/mol. The normalized spacial score (nSPS) is 11.4. The van der Waals surface area contributed by atoms with Crippen LogP contribution in [0.2, 0.25) is 0 Å². The molecule has 1 amide bonds. The average Bonchev–Trinajstić information content (AvgIpc) is 3.01. The van der Waals surface area contributed by atoms with Crippen molar-refractivity contribution < 1.29 is 19.0 Å². The maximum Gasteiger partial charge on any atom is 0.252 e. The van der Waals surface area contributed by atoms with Gasteiger partial charge in [-0.3, -0.25) is 10.2 Å². The van der Waals surface area contributed by atoms with Crippen molar-refractivity contribution in [1.82, 2.24) is 10.3 Å². The second-order valence-electron chi connectivity index (χ2n) is 11.2. The van der Waals surface area contributed by atoms with E-state index in [-0.39, 0.29) is 22.9 Å². The summed E-state index contributed by atoms with van der Waals surface area (Å²) in [6, 6.07) is 22.8. The van der Waals surface area contributed by atoms with E-state index in [4.69, 9.17) is 4.74 Å². The van der Waals surface area contributed by atoms with Crippen LogP contribution in [0.3, 0.4) is 0 Å². The smallest absolute Gasteiger partial charge is 0.252 e. The highest BCUT2D eigenvalue weighted by Crippen LogP contribution is 2.36. The molecule has 0 bridgehead atoms. The predicted molar refractivity (Wildman–Crippen MR) is 170 cm³/mol. The Kier molecular flexibility index (Phi) is 10.9. The van der Waals surface area contributed by atoms with Crippen molar-refractivity contribution in [1.29, 1.82) is 0 Å². The second-order valence-corrected chi connectivity index (χ2v) is 11.2. The third-order valence-corrected chi connectivity index (χ3v) is 7.17. The molecular formula is C35H39FN4O3. The minimum absolute atomic E-state index is 0.0968. The number of aromatic nitrogens is 1. The molecule has 0 unspecified atom stereocenters. The van der Waals surface area contributed by atoms with Gasteiger partial charge in [0.05, 0.1) is 18.4 Å². The number of pyridine rings is 1. The van der Waals surface area contributed by atoms with E-state index < -0.39 is 0 Å². The van der Waals surface area contributed by atoms with Crippen LogP contribution in [-0.2, 0) is 6.42 Å². The molecule has 3 N–H and O–H groups in total. The van der Waals surface area contributed by atoms with Crippen LogP contribution < -0.4 is 15.5 Å². The summed E-state index contributed by atoms with van der Waals surface area (Å²) in [6.07, 6.45) is 6.66. The fourth-order valence-electron chi connectivity index (χ4n) is 4.59. The largest absolute Gasteiger partial charge is 0.507 e. The monoisotopic (exact) mass is 582 g/mol. The molecule has 0 saturated carbocycles. The molecule has 43 heavy (non-hydrogen) atoms. The number of unbranched alkanes of at least 4 members (excludes halogenated alkanes) is 1. The summed E-state index contributed by atoms with van der Waals surface area (Å²) in [4.78, 5) is 17.0. The SMILES string of the molecule is CCc1cc(-c2ccc(F)cc2)c(O)cc1OCCCCC(C)(C)CNC(=O)c1ccc(N/N=C/c2ccccc2)nc1. The van der Waals surface area contributed by atoms with E-state index in [1.807, 2.05) is 43.3 Å².